The summed E-state index contributed by atoms with van der Waals surface area (Å²) >= 11 is 0. The van der Waals surface area contributed by atoms with Crippen molar-refractivity contribution in [2.75, 3.05) is 43.5 Å². The van der Waals surface area contributed by atoms with Crippen LogP contribution in [0.25, 0.3) is 11.4 Å². The zero-order valence-corrected chi connectivity index (χ0v) is 15.7. The third kappa shape index (κ3) is 4.79. The van der Waals surface area contributed by atoms with Crippen LogP contribution in [0.2, 0.25) is 0 Å². The van der Waals surface area contributed by atoms with Crippen LogP contribution in [0.5, 0.6) is 0 Å². The second-order valence-electron chi connectivity index (χ2n) is 7.17. The van der Waals surface area contributed by atoms with Crippen molar-refractivity contribution in [3.8, 4) is 11.4 Å². The molecule has 2 aromatic heterocycles. The molecule has 0 saturated carbocycles. The van der Waals surface area contributed by atoms with Gasteiger partial charge in [0, 0.05) is 38.6 Å². The van der Waals surface area contributed by atoms with Gasteiger partial charge in [-0.15, -0.1) is 0 Å². The molecule has 1 atom stereocenters. The highest BCUT2D eigenvalue weighted by Crippen LogP contribution is 2.20. The number of nitrogens with one attached hydrogen (secondary N) is 3. The normalized spacial score (nSPS) is 20.1. The molecule has 2 aliphatic rings. The Bertz CT molecular complexity index is 804. The molecule has 3 N–H and O–H groups in total. The van der Waals surface area contributed by atoms with Crippen LogP contribution >= 0.6 is 0 Å². The highest BCUT2D eigenvalue weighted by Gasteiger charge is 2.23. The minimum Gasteiger partial charge on any atom is -0.381 e. The van der Waals surface area contributed by atoms with Crippen molar-refractivity contribution in [2.45, 2.75) is 19.3 Å². The fraction of sp³-hybridized carbons (Fsp3) is 0.526. The van der Waals surface area contributed by atoms with E-state index in [4.69, 9.17) is 4.74 Å². The first kappa shape index (κ1) is 18.7. The Labute approximate surface area is 163 Å². The van der Waals surface area contributed by atoms with Crippen molar-refractivity contribution in [3.63, 3.8) is 0 Å². The molecule has 0 bridgehead atoms. The van der Waals surface area contributed by atoms with Gasteiger partial charge in [-0.2, -0.15) is 0 Å². The highest BCUT2D eigenvalue weighted by atomic mass is 16.5. The van der Waals surface area contributed by atoms with E-state index in [1.807, 2.05) is 6.07 Å². The van der Waals surface area contributed by atoms with Crippen LogP contribution in [-0.2, 0) is 9.53 Å². The minimum atomic E-state index is -0.0522. The molecular weight excluding hydrogens is 358 g/mol. The maximum atomic E-state index is 12.3. The first-order chi connectivity index (χ1) is 13.8. The number of aromatic nitrogens is 4. The van der Waals surface area contributed by atoms with E-state index in [2.05, 4.69) is 35.9 Å². The summed E-state index contributed by atoms with van der Waals surface area (Å²) in [4.78, 5) is 29.5. The number of carbonyl (C=O) groups is 1. The predicted molar refractivity (Wildman–Crippen MR) is 105 cm³/mol. The molecule has 4 heterocycles. The smallest absolute Gasteiger partial charge is 0.231 e. The van der Waals surface area contributed by atoms with E-state index in [-0.39, 0.29) is 11.8 Å². The summed E-state index contributed by atoms with van der Waals surface area (Å²) in [6.07, 6.45) is 6.11. The number of anilines is 2. The first-order valence-electron chi connectivity index (χ1n) is 9.76. The van der Waals surface area contributed by atoms with Gasteiger partial charge in [0.05, 0.1) is 17.3 Å². The van der Waals surface area contributed by atoms with Crippen molar-refractivity contribution in [1.82, 2.24) is 25.3 Å². The van der Waals surface area contributed by atoms with E-state index in [1.54, 1.807) is 12.3 Å². The van der Waals surface area contributed by atoms with Crippen LogP contribution in [-0.4, -0.2) is 58.7 Å². The van der Waals surface area contributed by atoms with Crippen molar-refractivity contribution in [3.05, 3.63) is 24.7 Å². The zero-order chi connectivity index (χ0) is 19.2. The van der Waals surface area contributed by atoms with Crippen LogP contribution in [0.1, 0.15) is 19.3 Å². The average Bonchev–Trinajstić information content (AvgIpc) is 3.29. The van der Waals surface area contributed by atoms with Crippen molar-refractivity contribution >= 4 is 17.7 Å². The van der Waals surface area contributed by atoms with Crippen LogP contribution < -0.4 is 16.0 Å². The molecule has 2 fully saturated rings. The number of ether oxygens (including phenoxy) is 1. The summed E-state index contributed by atoms with van der Waals surface area (Å²) in [6, 6.07) is 3.64. The van der Waals surface area contributed by atoms with Crippen LogP contribution in [0.15, 0.2) is 24.7 Å². The summed E-state index contributed by atoms with van der Waals surface area (Å²) in [6.45, 7) is 4.07. The van der Waals surface area contributed by atoms with Crippen molar-refractivity contribution in [1.29, 1.82) is 0 Å². The van der Waals surface area contributed by atoms with E-state index in [0.29, 0.717) is 29.8 Å². The summed E-state index contributed by atoms with van der Waals surface area (Å²) < 4.78 is 5.40. The van der Waals surface area contributed by atoms with Crippen LogP contribution in [0.4, 0.5) is 11.8 Å². The largest absolute Gasteiger partial charge is 0.381 e. The van der Waals surface area contributed by atoms with Gasteiger partial charge in [-0.3, -0.25) is 10.1 Å². The number of amides is 1. The average molecular weight is 383 g/mol. The molecule has 2 aliphatic heterocycles. The predicted octanol–water partition coefficient (Wildman–Crippen LogP) is 1.32. The molecule has 9 heteroatoms. The molecule has 2 aromatic rings. The van der Waals surface area contributed by atoms with Gasteiger partial charge in [0.2, 0.25) is 11.9 Å². The topological polar surface area (TPSA) is 114 Å². The quantitative estimate of drug-likeness (QED) is 0.684. The van der Waals surface area contributed by atoms with Gasteiger partial charge in [0.1, 0.15) is 12.1 Å². The molecule has 0 aliphatic carbocycles. The monoisotopic (exact) mass is 383 g/mol. The van der Waals surface area contributed by atoms with Gasteiger partial charge >= 0.3 is 0 Å². The molecule has 0 unspecified atom stereocenters. The lowest BCUT2D eigenvalue weighted by atomic mass is 10.0. The SMILES string of the molecule is O=C(Nc1nccc(-c2cc(NCC3CCOCC3)ncn2)n1)[C@@H]1CCNC1. The Hall–Kier alpha value is -2.65. The van der Waals surface area contributed by atoms with Crippen LogP contribution in [0.3, 0.4) is 0 Å². The fourth-order valence-corrected chi connectivity index (χ4v) is 3.45. The molecule has 9 nitrogen and oxygen atoms in total. The molecule has 148 valence electrons. The molecule has 28 heavy (non-hydrogen) atoms. The lowest BCUT2D eigenvalue weighted by Crippen LogP contribution is -2.25. The molecule has 1 amide bonds. The molecule has 0 radical (unpaired) electrons. The summed E-state index contributed by atoms with van der Waals surface area (Å²) in [5, 5.41) is 9.37. The highest BCUT2D eigenvalue weighted by molar-refractivity contribution is 5.91. The molecule has 2 saturated heterocycles. The van der Waals surface area contributed by atoms with Gasteiger partial charge in [-0.1, -0.05) is 0 Å². The van der Waals surface area contributed by atoms with Gasteiger partial charge < -0.3 is 15.4 Å². The Morgan fingerprint density at radius 2 is 2.07 bits per heavy atom. The van der Waals surface area contributed by atoms with E-state index in [1.165, 1.54) is 6.33 Å². The third-order valence-corrected chi connectivity index (χ3v) is 5.16. The number of carbonyl (C=O) groups excluding carboxylic acids is 1. The van der Waals surface area contributed by atoms with E-state index in [9.17, 15) is 4.79 Å². The number of nitrogens with zero attached hydrogens (tertiary/aromatic N) is 4. The van der Waals surface area contributed by atoms with Gasteiger partial charge in [-0.25, -0.2) is 19.9 Å². The summed E-state index contributed by atoms with van der Waals surface area (Å²) in [7, 11) is 0. The molecule has 0 aromatic carbocycles. The van der Waals surface area contributed by atoms with Crippen molar-refractivity contribution in [2.24, 2.45) is 11.8 Å². The Balaban J connectivity index is 1.41. The van der Waals surface area contributed by atoms with E-state index < -0.39 is 0 Å². The molecular formula is C19H25N7O2. The lowest BCUT2D eigenvalue weighted by Gasteiger charge is -2.22. The number of hydrogen-bond acceptors (Lipinski definition) is 8. The van der Waals surface area contributed by atoms with Crippen molar-refractivity contribution < 1.29 is 9.53 Å². The maximum absolute atomic E-state index is 12.3. The number of rotatable bonds is 6. The van der Waals surface area contributed by atoms with Gasteiger partial charge in [0.15, 0.2) is 0 Å². The standard InChI is InChI=1S/C19H25N7O2/c27-18(14-1-5-20-11-14)26-19-21-6-2-15(25-19)16-9-17(24-12-23-16)22-10-13-3-7-28-8-4-13/h2,6,9,12-14,20H,1,3-5,7-8,10-11H2,(H,22,23,24)(H,21,25,26,27)/t14-/m1/s1. The third-order valence-electron chi connectivity index (χ3n) is 5.16. The van der Waals surface area contributed by atoms with E-state index in [0.717, 1.165) is 51.4 Å². The Morgan fingerprint density at radius 1 is 1.18 bits per heavy atom. The Kier molecular flexibility index (Phi) is 6.03. The first-order valence-corrected chi connectivity index (χ1v) is 9.76. The van der Waals surface area contributed by atoms with Crippen LogP contribution in [0, 0.1) is 11.8 Å². The summed E-state index contributed by atoms with van der Waals surface area (Å²) in [5.41, 5.74) is 1.33. The maximum Gasteiger partial charge on any atom is 0.231 e. The Morgan fingerprint density at radius 3 is 2.89 bits per heavy atom. The molecule has 4 rings (SSSR count). The molecule has 0 spiro atoms. The van der Waals surface area contributed by atoms with Gasteiger partial charge in [0.25, 0.3) is 0 Å². The minimum absolute atomic E-state index is 0.0349. The second-order valence-corrected chi connectivity index (χ2v) is 7.17. The van der Waals surface area contributed by atoms with E-state index >= 15 is 0 Å². The second kappa shape index (κ2) is 9.03. The zero-order valence-electron chi connectivity index (χ0n) is 15.7. The fourth-order valence-electron chi connectivity index (χ4n) is 3.45. The lowest BCUT2D eigenvalue weighted by molar-refractivity contribution is -0.119. The van der Waals surface area contributed by atoms with Gasteiger partial charge in [-0.05, 0) is 37.8 Å². The summed E-state index contributed by atoms with van der Waals surface area (Å²) in [5.74, 6) is 1.57. The number of hydrogen-bond donors (Lipinski definition) is 3.